The molecule has 7 heteroatoms. The highest BCUT2D eigenvalue weighted by Crippen LogP contribution is 2.62. The molecule has 1 N–H and O–H groups in total. The number of methoxy groups -OCH3 is 2. The summed E-state index contributed by atoms with van der Waals surface area (Å²) in [6.07, 6.45) is 2.53. The van der Waals surface area contributed by atoms with Gasteiger partial charge in [-0.25, -0.2) is 4.79 Å². The maximum atomic E-state index is 14.0. The molecule has 34 heavy (non-hydrogen) atoms. The zero-order valence-electron chi connectivity index (χ0n) is 19.9. The van der Waals surface area contributed by atoms with Gasteiger partial charge in [-0.3, -0.25) is 4.79 Å². The van der Waals surface area contributed by atoms with Crippen molar-refractivity contribution >= 4 is 11.9 Å². The molecule has 7 nitrogen and oxygen atoms in total. The van der Waals surface area contributed by atoms with E-state index < -0.39 is 23.0 Å². The molecule has 0 aromatic heterocycles. The van der Waals surface area contributed by atoms with E-state index in [4.69, 9.17) is 14.2 Å². The number of rotatable bonds is 6. The number of ether oxygens (including phenoxy) is 3. The summed E-state index contributed by atoms with van der Waals surface area (Å²) in [5, 5.41) is 11.5. The maximum absolute atomic E-state index is 14.0. The SMILES string of the molecule is CCOC(=O)[C@@]1(O)C[C@H]2[C@@H]3CC[C@]2(c2cc(OC)c(OC)cc2C3)N(Cc2ccccc2)C1=O. The van der Waals surface area contributed by atoms with Crippen LogP contribution in [0.15, 0.2) is 42.5 Å². The Labute approximate surface area is 199 Å². The Balaban J connectivity index is 1.70. The van der Waals surface area contributed by atoms with Crippen molar-refractivity contribution in [2.24, 2.45) is 11.8 Å². The molecular formula is C27H31NO6. The van der Waals surface area contributed by atoms with Gasteiger partial charge in [0.25, 0.3) is 5.91 Å². The molecule has 3 aliphatic rings. The smallest absolute Gasteiger partial charge is 0.348 e. The van der Waals surface area contributed by atoms with Gasteiger partial charge in [0.05, 0.1) is 26.4 Å². The van der Waals surface area contributed by atoms with Crippen molar-refractivity contribution < 1.29 is 28.9 Å². The molecule has 1 saturated heterocycles. The number of likely N-dealkylation sites (tertiary alicyclic amines) is 1. The highest BCUT2D eigenvalue weighted by molar-refractivity contribution is 6.07. The lowest BCUT2D eigenvalue weighted by molar-refractivity contribution is -0.195. The number of nitrogens with zero attached hydrogens (tertiary/aromatic N) is 1. The second kappa shape index (κ2) is 8.31. The van der Waals surface area contributed by atoms with Gasteiger partial charge < -0.3 is 24.2 Å². The number of hydrogen-bond donors (Lipinski definition) is 1. The summed E-state index contributed by atoms with van der Waals surface area (Å²) in [6, 6.07) is 13.7. The van der Waals surface area contributed by atoms with Gasteiger partial charge in [0.15, 0.2) is 11.5 Å². The first-order chi connectivity index (χ1) is 16.4. The summed E-state index contributed by atoms with van der Waals surface area (Å²) in [7, 11) is 3.22. The third-order valence-electron chi connectivity index (χ3n) is 8.03. The average molecular weight is 466 g/mol. The fraction of sp³-hybridized carbons (Fsp3) is 0.481. The van der Waals surface area contributed by atoms with Gasteiger partial charge in [-0.1, -0.05) is 30.3 Å². The van der Waals surface area contributed by atoms with Crippen LogP contribution in [0, 0.1) is 11.8 Å². The van der Waals surface area contributed by atoms with Crippen LogP contribution in [-0.4, -0.2) is 48.3 Å². The van der Waals surface area contributed by atoms with E-state index in [2.05, 4.69) is 0 Å². The molecular weight excluding hydrogens is 434 g/mol. The third kappa shape index (κ3) is 3.13. The standard InChI is InChI=1S/C27H31NO6/c1-4-34-25(30)27(31)15-21-18-10-11-26(21,28(24(27)29)16-17-8-6-5-7-9-17)20-14-23(33-3)22(32-2)13-19(20)12-18/h5-9,13-14,18,21,31H,4,10-12,15-16H2,1-3H3/t18-,21+,26-,27-/m1/s1. The molecule has 2 aromatic carbocycles. The van der Waals surface area contributed by atoms with Crippen LogP contribution in [0.1, 0.15) is 42.9 Å². The Hall–Kier alpha value is -3.06. The molecule has 1 saturated carbocycles. The van der Waals surface area contributed by atoms with E-state index in [9.17, 15) is 14.7 Å². The van der Waals surface area contributed by atoms with Crippen molar-refractivity contribution in [3.63, 3.8) is 0 Å². The van der Waals surface area contributed by atoms with Crippen molar-refractivity contribution in [2.45, 2.75) is 50.3 Å². The molecule has 180 valence electrons. The Morgan fingerprint density at radius 2 is 1.85 bits per heavy atom. The first-order valence-electron chi connectivity index (χ1n) is 11.9. The number of piperidine rings is 1. The van der Waals surface area contributed by atoms with Gasteiger partial charge in [-0.15, -0.1) is 0 Å². The van der Waals surface area contributed by atoms with Crippen molar-refractivity contribution in [1.29, 1.82) is 0 Å². The third-order valence-corrected chi connectivity index (χ3v) is 8.03. The number of benzene rings is 2. The first kappa shape index (κ1) is 22.7. The summed E-state index contributed by atoms with van der Waals surface area (Å²) in [5.74, 6) is -0.0139. The minimum Gasteiger partial charge on any atom is -0.493 e. The second-order valence-electron chi connectivity index (χ2n) is 9.56. The van der Waals surface area contributed by atoms with Crippen molar-refractivity contribution in [2.75, 3.05) is 20.8 Å². The van der Waals surface area contributed by atoms with Crippen LogP contribution in [0.5, 0.6) is 11.5 Å². The average Bonchev–Trinajstić information content (AvgIpc) is 3.11. The second-order valence-corrected chi connectivity index (χ2v) is 9.56. The van der Waals surface area contributed by atoms with Crippen LogP contribution >= 0.6 is 0 Å². The van der Waals surface area contributed by atoms with Crippen LogP contribution < -0.4 is 9.47 Å². The first-order valence-corrected chi connectivity index (χ1v) is 11.9. The summed E-state index contributed by atoms with van der Waals surface area (Å²) < 4.78 is 16.4. The molecule has 2 bridgehead atoms. The van der Waals surface area contributed by atoms with E-state index in [-0.39, 0.29) is 24.9 Å². The van der Waals surface area contributed by atoms with Crippen molar-refractivity contribution in [3.8, 4) is 11.5 Å². The molecule has 2 fully saturated rings. The quantitative estimate of drug-likeness (QED) is 0.521. The summed E-state index contributed by atoms with van der Waals surface area (Å²) in [4.78, 5) is 28.7. The lowest BCUT2D eigenvalue weighted by atomic mass is 9.62. The largest absolute Gasteiger partial charge is 0.493 e. The van der Waals surface area contributed by atoms with Crippen molar-refractivity contribution in [1.82, 2.24) is 4.90 Å². The van der Waals surface area contributed by atoms with E-state index in [1.807, 2.05) is 42.5 Å². The Morgan fingerprint density at radius 1 is 1.15 bits per heavy atom. The van der Waals surface area contributed by atoms with Gasteiger partial charge >= 0.3 is 5.97 Å². The fourth-order valence-electron chi connectivity index (χ4n) is 6.56. The Bertz CT molecular complexity index is 1120. The Kier molecular flexibility index (Phi) is 5.55. The van der Waals surface area contributed by atoms with Crippen LogP contribution in [0.3, 0.4) is 0 Å². The molecule has 1 heterocycles. The van der Waals surface area contributed by atoms with Crippen molar-refractivity contribution in [3.05, 3.63) is 59.2 Å². The fourth-order valence-corrected chi connectivity index (χ4v) is 6.56. The molecule has 0 radical (unpaired) electrons. The van der Waals surface area contributed by atoms with Crippen LogP contribution in [0.4, 0.5) is 0 Å². The number of carbonyl (C=O) groups is 2. The number of fused-ring (bicyclic) bond motifs is 1. The van der Waals surface area contributed by atoms with Crippen LogP contribution in [-0.2, 0) is 32.8 Å². The molecule has 0 spiro atoms. The summed E-state index contributed by atoms with van der Waals surface area (Å²) >= 11 is 0. The number of hydrogen-bond acceptors (Lipinski definition) is 6. The lowest BCUT2D eigenvalue weighted by Gasteiger charge is -2.56. The zero-order valence-corrected chi connectivity index (χ0v) is 19.9. The van der Waals surface area contributed by atoms with E-state index in [1.165, 1.54) is 0 Å². The minimum atomic E-state index is -2.18. The topological polar surface area (TPSA) is 85.3 Å². The van der Waals surface area contributed by atoms with Gasteiger partial charge in [0.2, 0.25) is 5.60 Å². The van der Waals surface area contributed by atoms with Gasteiger partial charge in [-0.05, 0) is 66.8 Å². The number of esters is 1. The summed E-state index contributed by atoms with van der Waals surface area (Å²) in [6.45, 7) is 2.07. The molecule has 2 aliphatic carbocycles. The van der Waals surface area contributed by atoms with Gasteiger partial charge in [0, 0.05) is 13.0 Å². The van der Waals surface area contributed by atoms with E-state index >= 15 is 0 Å². The van der Waals surface area contributed by atoms with Gasteiger partial charge in [0.1, 0.15) is 0 Å². The van der Waals surface area contributed by atoms with Gasteiger partial charge in [-0.2, -0.15) is 0 Å². The predicted octanol–water partition coefficient (Wildman–Crippen LogP) is 3.21. The zero-order chi connectivity index (χ0) is 24.1. The highest BCUT2D eigenvalue weighted by atomic mass is 16.6. The maximum Gasteiger partial charge on any atom is 0.348 e. The minimum absolute atomic E-state index is 0.0639. The molecule has 1 amide bonds. The summed E-state index contributed by atoms with van der Waals surface area (Å²) in [5.41, 5.74) is 0.273. The monoisotopic (exact) mass is 465 g/mol. The normalized spacial score (nSPS) is 29.3. The van der Waals surface area contributed by atoms with Crippen LogP contribution in [0.25, 0.3) is 0 Å². The van der Waals surface area contributed by atoms with Crippen LogP contribution in [0.2, 0.25) is 0 Å². The predicted molar refractivity (Wildman–Crippen MR) is 124 cm³/mol. The molecule has 0 unspecified atom stereocenters. The number of carbonyl (C=O) groups excluding carboxylic acids is 2. The number of amides is 1. The van der Waals surface area contributed by atoms with E-state index in [0.29, 0.717) is 18.0 Å². The lowest BCUT2D eigenvalue weighted by Crippen LogP contribution is -2.68. The van der Waals surface area contributed by atoms with E-state index in [0.717, 1.165) is 36.0 Å². The Morgan fingerprint density at radius 3 is 2.53 bits per heavy atom. The molecule has 4 atom stereocenters. The highest BCUT2D eigenvalue weighted by Gasteiger charge is 2.67. The molecule has 2 aromatic rings. The number of aliphatic hydroxyl groups is 1. The van der Waals surface area contributed by atoms with E-state index in [1.54, 1.807) is 26.0 Å². The molecule has 1 aliphatic heterocycles. The molecule has 5 rings (SSSR count).